The Kier molecular flexibility index (Phi) is 8.87. The van der Waals surface area contributed by atoms with Gasteiger partial charge in [0.2, 0.25) is 0 Å². The van der Waals surface area contributed by atoms with Crippen LogP contribution in [0, 0.1) is 0 Å². The predicted molar refractivity (Wildman–Crippen MR) is 65.0 cm³/mol. The molecule has 0 aliphatic carbocycles. The van der Waals surface area contributed by atoms with Crippen molar-refractivity contribution in [2.24, 2.45) is 10.7 Å². The van der Waals surface area contributed by atoms with E-state index in [4.69, 9.17) is 10.5 Å². The number of hydrogen-bond donors (Lipinski definition) is 2. The molecule has 0 aromatic carbocycles. The molecular weight excluding hydrogens is 190 g/mol. The lowest BCUT2D eigenvalue weighted by Gasteiger charge is -2.06. The van der Waals surface area contributed by atoms with Gasteiger partial charge in [0.25, 0.3) is 0 Å². The lowest BCUT2D eigenvalue weighted by Crippen LogP contribution is -2.34. The Hall–Kier alpha value is -1.03. The maximum absolute atomic E-state index is 5.62. The highest BCUT2D eigenvalue weighted by Gasteiger charge is 1.91. The molecule has 0 fully saturated rings. The highest BCUT2D eigenvalue weighted by molar-refractivity contribution is 5.77. The zero-order chi connectivity index (χ0) is 11.5. The van der Waals surface area contributed by atoms with E-state index in [0.717, 1.165) is 25.0 Å². The van der Waals surface area contributed by atoms with Gasteiger partial charge < -0.3 is 15.8 Å². The molecule has 0 aromatic heterocycles. The predicted octanol–water partition coefficient (Wildman–Crippen LogP) is 1.28. The molecule has 0 aromatic rings. The molecule has 0 saturated heterocycles. The molecule has 0 rings (SSSR count). The van der Waals surface area contributed by atoms with Gasteiger partial charge in [0.15, 0.2) is 5.96 Å². The van der Waals surface area contributed by atoms with Gasteiger partial charge in [-0.25, -0.2) is 0 Å². The third kappa shape index (κ3) is 10.9. The van der Waals surface area contributed by atoms with Crippen LogP contribution in [0.15, 0.2) is 17.1 Å². The minimum atomic E-state index is 0.502. The molecule has 0 aliphatic rings. The Morgan fingerprint density at radius 1 is 1.53 bits per heavy atom. The lowest BCUT2D eigenvalue weighted by molar-refractivity contribution is 0.161. The zero-order valence-corrected chi connectivity index (χ0v) is 9.88. The first-order valence-electron chi connectivity index (χ1n) is 5.42. The van der Waals surface area contributed by atoms with Gasteiger partial charge in [0, 0.05) is 13.1 Å². The lowest BCUT2D eigenvalue weighted by atomic mass is 10.3. The summed E-state index contributed by atoms with van der Waals surface area (Å²) >= 11 is 0. The van der Waals surface area contributed by atoms with Crippen molar-refractivity contribution in [3.05, 3.63) is 12.2 Å². The van der Waals surface area contributed by atoms with Crippen LogP contribution in [0.2, 0.25) is 0 Å². The molecule has 0 bridgehead atoms. The smallest absolute Gasteiger partial charge is 0.188 e. The number of nitrogens with one attached hydrogen (secondary N) is 1. The molecule has 0 unspecified atom stereocenters. The number of nitrogens with zero attached hydrogens (tertiary/aromatic N) is 1. The van der Waals surface area contributed by atoms with E-state index in [1.165, 1.54) is 0 Å². The number of unbranched alkanes of at least 4 members (excludes halogenated alkanes) is 1. The Balaban J connectivity index is 3.33. The van der Waals surface area contributed by atoms with E-state index >= 15 is 0 Å². The topological polar surface area (TPSA) is 59.6 Å². The average molecular weight is 213 g/mol. The average Bonchev–Trinajstić information content (AvgIpc) is 2.17. The van der Waals surface area contributed by atoms with Crippen molar-refractivity contribution in [3.8, 4) is 0 Å². The summed E-state index contributed by atoms with van der Waals surface area (Å²) in [5.41, 5.74) is 6.65. The molecule has 0 spiro atoms. The van der Waals surface area contributed by atoms with E-state index < -0.39 is 0 Å². The molecule has 4 nitrogen and oxygen atoms in total. The molecule has 88 valence electrons. The SMILES string of the molecule is C=C(C)COCCNC(N)=NCCCC. The number of nitrogens with two attached hydrogens (primary N) is 1. The van der Waals surface area contributed by atoms with Crippen LogP contribution < -0.4 is 11.1 Å². The van der Waals surface area contributed by atoms with Crippen LogP contribution in [0.3, 0.4) is 0 Å². The van der Waals surface area contributed by atoms with E-state index in [-0.39, 0.29) is 0 Å². The summed E-state index contributed by atoms with van der Waals surface area (Å²) in [6.45, 7) is 10.5. The summed E-state index contributed by atoms with van der Waals surface area (Å²) in [5, 5.41) is 2.99. The largest absolute Gasteiger partial charge is 0.375 e. The summed E-state index contributed by atoms with van der Waals surface area (Å²) in [6.07, 6.45) is 2.22. The van der Waals surface area contributed by atoms with Crippen LogP contribution >= 0.6 is 0 Å². The molecule has 15 heavy (non-hydrogen) atoms. The molecular formula is C11H23N3O. The van der Waals surface area contributed by atoms with Crippen LogP contribution in [-0.2, 0) is 4.74 Å². The number of rotatable bonds is 8. The Bertz CT molecular complexity index is 202. The Morgan fingerprint density at radius 3 is 2.87 bits per heavy atom. The zero-order valence-electron chi connectivity index (χ0n) is 9.88. The first kappa shape index (κ1) is 14.0. The maximum Gasteiger partial charge on any atom is 0.188 e. The fourth-order valence-electron chi connectivity index (χ4n) is 0.911. The number of ether oxygens (including phenoxy) is 1. The molecule has 0 atom stereocenters. The molecule has 0 aliphatic heterocycles. The monoisotopic (exact) mass is 213 g/mol. The summed E-state index contributed by atoms with van der Waals surface area (Å²) in [7, 11) is 0. The third-order valence-electron chi connectivity index (χ3n) is 1.69. The summed E-state index contributed by atoms with van der Waals surface area (Å²) < 4.78 is 5.30. The second-order valence-corrected chi connectivity index (χ2v) is 3.56. The highest BCUT2D eigenvalue weighted by Crippen LogP contribution is 1.87. The van der Waals surface area contributed by atoms with Crippen LogP contribution in [0.25, 0.3) is 0 Å². The normalized spacial score (nSPS) is 11.5. The number of hydrogen-bond acceptors (Lipinski definition) is 2. The quantitative estimate of drug-likeness (QED) is 0.276. The van der Waals surface area contributed by atoms with Gasteiger partial charge in [-0.05, 0) is 13.3 Å². The maximum atomic E-state index is 5.62. The highest BCUT2D eigenvalue weighted by atomic mass is 16.5. The van der Waals surface area contributed by atoms with E-state index in [1.807, 2.05) is 6.92 Å². The molecule has 0 saturated carbocycles. The van der Waals surface area contributed by atoms with Crippen molar-refractivity contribution in [2.45, 2.75) is 26.7 Å². The number of aliphatic imine (C=N–C) groups is 1. The van der Waals surface area contributed by atoms with Crippen molar-refractivity contribution >= 4 is 5.96 Å². The molecule has 0 amide bonds. The first-order valence-corrected chi connectivity index (χ1v) is 5.42. The van der Waals surface area contributed by atoms with Gasteiger partial charge in [-0.1, -0.05) is 25.5 Å². The summed E-state index contributed by atoms with van der Waals surface area (Å²) in [4.78, 5) is 4.16. The van der Waals surface area contributed by atoms with Gasteiger partial charge in [-0.3, -0.25) is 4.99 Å². The molecule has 3 N–H and O–H groups in total. The third-order valence-corrected chi connectivity index (χ3v) is 1.69. The van der Waals surface area contributed by atoms with Gasteiger partial charge in [-0.15, -0.1) is 0 Å². The van der Waals surface area contributed by atoms with Crippen molar-refractivity contribution in [3.63, 3.8) is 0 Å². The Morgan fingerprint density at radius 2 is 2.27 bits per heavy atom. The Labute approximate surface area is 92.6 Å². The van der Waals surface area contributed by atoms with Crippen LogP contribution in [0.4, 0.5) is 0 Å². The minimum absolute atomic E-state index is 0.502. The minimum Gasteiger partial charge on any atom is -0.375 e. The van der Waals surface area contributed by atoms with Crippen molar-refractivity contribution in [1.82, 2.24) is 5.32 Å². The second-order valence-electron chi connectivity index (χ2n) is 3.56. The van der Waals surface area contributed by atoms with Gasteiger partial charge >= 0.3 is 0 Å². The van der Waals surface area contributed by atoms with E-state index in [9.17, 15) is 0 Å². The summed E-state index contributed by atoms with van der Waals surface area (Å²) in [5.74, 6) is 0.502. The van der Waals surface area contributed by atoms with Crippen LogP contribution in [-0.4, -0.2) is 32.3 Å². The van der Waals surface area contributed by atoms with E-state index in [1.54, 1.807) is 0 Å². The van der Waals surface area contributed by atoms with Crippen LogP contribution in [0.1, 0.15) is 26.7 Å². The van der Waals surface area contributed by atoms with E-state index in [2.05, 4.69) is 23.8 Å². The second kappa shape index (κ2) is 9.52. The number of guanidine groups is 1. The molecule has 0 heterocycles. The van der Waals surface area contributed by atoms with Gasteiger partial charge in [0.05, 0.1) is 13.2 Å². The van der Waals surface area contributed by atoms with Crippen molar-refractivity contribution < 1.29 is 4.74 Å². The fourth-order valence-corrected chi connectivity index (χ4v) is 0.911. The standard InChI is InChI=1S/C11H23N3O/c1-4-5-6-13-11(12)14-7-8-15-9-10(2)3/h2,4-9H2,1,3H3,(H3,12,13,14). The molecule has 0 radical (unpaired) electrons. The van der Waals surface area contributed by atoms with E-state index in [0.29, 0.717) is 25.7 Å². The van der Waals surface area contributed by atoms with Gasteiger partial charge in [0.1, 0.15) is 0 Å². The van der Waals surface area contributed by atoms with Crippen molar-refractivity contribution in [1.29, 1.82) is 0 Å². The van der Waals surface area contributed by atoms with Gasteiger partial charge in [-0.2, -0.15) is 0 Å². The summed E-state index contributed by atoms with van der Waals surface area (Å²) in [6, 6.07) is 0. The van der Waals surface area contributed by atoms with Crippen molar-refractivity contribution in [2.75, 3.05) is 26.3 Å². The fraction of sp³-hybridized carbons (Fsp3) is 0.727. The molecule has 4 heteroatoms. The first-order chi connectivity index (χ1) is 7.16. The van der Waals surface area contributed by atoms with Crippen LogP contribution in [0.5, 0.6) is 0 Å².